The van der Waals surface area contributed by atoms with Crippen LogP contribution in [0.3, 0.4) is 0 Å². The molecule has 4 nitrogen and oxygen atoms in total. The van der Waals surface area contributed by atoms with Crippen molar-refractivity contribution in [3.63, 3.8) is 0 Å². The summed E-state index contributed by atoms with van der Waals surface area (Å²) in [7, 11) is 0. The molecule has 5 rings (SSSR count). The number of hydrogen-bond donors (Lipinski definition) is 1. The summed E-state index contributed by atoms with van der Waals surface area (Å²) >= 11 is 5.96. The van der Waals surface area contributed by atoms with E-state index in [1.165, 1.54) is 24.3 Å². The number of hydrogen-bond acceptors (Lipinski definition) is 3. The Hall–Kier alpha value is -3.13. The van der Waals surface area contributed by atoms with E-state index in [0.29, 0.717) is 29.6 Å². The molecule has 152 valence electrons. The van der Waals surface area contributed by atoms with E-state index in [0.717, 1.165) is 24.0 Å². The van der Waals surface area contributed by atoms with Crippen LogP contribution in [0.4, 0.5) is 23.5 Å². The molecule has 0 bridgehead atoms. The van der Waals surface area contributed by atoms with E-state index in [1.807, 2.05) is 0 Å². The van der Waals surface area contributed by atoms with Crippen LogP contribution in [0.2, 0.25) is 5.02 Å². The zero-order valence-corrected chi connectivity index (χ0v) is 16.0. The Kier molecular flexibility index (Phi) is 4.39. The summed E-state index contributed by atoms with van der Waals surface area (Å²) in [6.07, 6.45) is 2.51. The van der Waals surface area contributed by atoms with Gasteiger partial charge in [-0.2, -0.15) is 0 Å². The second kappa shape index (κ2) is 6.98. The highest BCUT2D eigenvalue weighted by Gasteiger charge is 2.35. The predicted molar refractivity (Wildman–Crippen MR) is 105 cm³/mol. The molecule has 0 fully saturated rings. The summed E-state index contributed by atoms with van der Waals surface area (Å²) in [5.74, 6) is -3.04. The molecule has 1 aliphatic heterocycles. The molecule has 1 N–H and O–H groups in total. The number of fused-ring (bicyclic) bond motifs is 3. The molecule has 1 aliphatic rings. The first-order chi connectivity index (χ1) is 14.4. The minimum absolute atomic E-state index is 0.0258. The summed E-state index contributed by atoms with van der Waals surface area (Å²) in [6.45, 7) is 0.348. The van der Waals surface area contributed by atoms with Crippen LogP contribution in [0.25, 0.3) is 10.9 Å². The summed E-state index contributed by atoms with van der Waals surface area (Å²) in [5.41, 5.74) is 1.92. The maximum absolute atomic E-state index is 14.8. The third-order valence-corrected chi connectivity index (χ3v) is 5.60. The molecule has 0 amide bonds. The van der Waals surface area contributed by atoms with Gasteiger partial charge in [-0.1, -0.05) is 23.7 Å². The number of rotatable bonds is 2. The largest absolute Gasteiger partial charge is 0.356 e. The Morgan fingerprint density at radius 2 is 1.80 bits per heavy atom. The van der Waals surface area contributed by atoms with Gasteiger partial charge in [0.25, 0.3) is 0 Å². The fourth-order valence-electron chi connectivity index (χ4n) is 4.01. The molecule has 3 heterocycles. The fraction of sp³-hybridized carbons (Fsp3) is 0.143. The lowest BCUT2D eigenvalue weighted by atomic mass is 9.92. The minimum atomic E-state index is -1.01. The Bertz CT molecular complexity index is 1270. The van der Waals surface area contributed by atoms with E-state index >= 15 is 0 Å². The van der Waals surface area contributed by atoms with Gasteiger partial charge >= 0.3 is 0 Å². The van der Waals surface area contributed by atoms with Gasteiger partial charge in [0, 0.05) is 28.7 Å². The van der Waals surface area contributed by atoms with E-state index in [4.69, 9.17) is 11.6 Å². The monoisotopic (exact) mass is 432 g/mol. The molecule has 0 radical (unpaired) electrons. The van der Waals surface area contributed by atoms with Crippen molar-refractivity contribution in [2.24, 2.45) is 0 Å². The highest BCUT2D eigenvalue weighted by Crippen LogP contribution is 2.41. The molecule has 2 aromatic heterocycles. The van der Waals surface area contributed by atoms with Crippen molar-refractivity contribution in [3.05, 3.63) is 87.8 Å². The first kappa shape index (κ1) is 18.9. The molecule has 0 aliphatic carbocycles. The number of nitrogens with zero attached hydrogens (tertiary/aromatic N) is 3. The maximum Gasteiger partial charge on any atom is 0.226 e. The molecule has 0 saturated carbocycles. The molecule has 9 heteroatoms. The second-order valence-corrected chi connectivity index (χ2v) is 7.43. The zero-order valence-electron chi connectivity index (χ0n) is 15.3. The maximum atomic E-state index is 14.8. The third kappa shape index (κ3) is 2.90. The van der Waals surface area contributed by atoms with Gasteiger partial charge in [-0.25, -0.2) is 27.5 Å². The van der Waals surface area contributed by atoms with Gasteiger partial charge in [0.1, 0.15) is 11.9 Å². The zero-order chi connectivity index (χ0) is 21.0. The van der Waals surface area contributed by atoms with E-state index in [1.54, 1.807) is 4.90 Å². The van der Waals surface area contributed by atoms with Gasteiger partial charge in [-0.05, 0) is 30.2 Å². The van der Waals surface area contributed by atoms with Crippen molar-refractivity contribution in [1.82, 2.24) is 15.0 Å². The van der Waals surface area contributed by atoms with Crippen LogP contribution < -0.4 is 4.90 Å². The number of aromatic nitrogens is 3. The van der Waals surface area contributed by atoms with Crippen LogP contribution in [-0.4, -0.2) is 21.5 Å². The molecule has 4 aromatic rings. The number of halogens is 5. The quantitative estimate of drug-likeness (QED) is 0.436. The highest BCUT2D eigenvalue weighted by atomic mass is 35.5. The van der Waals surface area contributed by atoms with Gasteiger partial charge in [-0.3, -0.25) is 0 Å². The summed E-state index contributed by atoms with van der Waals surface area (Å²) in [4.78, 5) is 12.8. The van der Waals surface area contributed by atoms with Crippen LogP contribution >= 0.6 is 11.6 Å². The van der Waals surface area contributed by atoms with Crippen LogP contribution in [0, 0.1) is 23.3 Å². The molecule has 1 atom stereocenters. The van der Waals surface area contributed by atoms with Crippen molar-refractivity contribution < 1.29 is 17.6 Å². The molecular formula is C21H13ClF4N4. The summed E-state index contributed by atoms with van der Waals surface area (Å²) in [5, 5.41) is 0.681. The average molecular weight is 433 g/mol. The fourth-order valence-corrected chi connectivity index (χ4v) is 4.17. The lowest BCUT2D eigenvalue weighted by molar-refractivity contribution is 0.485. The Morgan fingerprint density at radius 3 is 2.57 bits per heavy atom. The van der Waals surface area contributed by atoms with Crippen LogP contribution in [0.15, 0.2) is 42.7 Å². The number of H-pyrrole nitrogens is 1. The Morgan fingerprint density at radius 1 is 1.03 bits per heavy atom. The molecule has 0 spiro atoms. The average Bonchev–Trinajstić information content (AvgIpc) is 3.08. The number of anilines is 1. The molecule has 2 aromatic carbocycles. The van der Waals surface area contributed by atoms with E-state index in [-0.39, 0.29) is 16.5 Å². The van der Waals surface area contributed by atoms with Gasteiger partial charge in [0.2, 0.25) is 5.95 Å². The van der Waals surface area contributed by atoms with Gasteiger partial charge < -0.3 is 9.88 Å². The van der Waals surface area contributed by atoms with Gasteiger partial charge in [-0.15, -0.1) is 0 Å². The van der Waals surface area contributed by atoms with Crippen molar-refractivity contribution >= 4 is 28.5 Å². The molecule has 0 saturated heterocycles. The Balaban J connectivity index is 1.76. The van der Waals surface area contributed by atoms with Crippen LogP contribution in [0.1, 0.15) is 22.9 Å². The first-order valence-electron chi connectivity index (χ1n) is 9.11. The minimum Gasteiger partial charge on any atom is -0.356 e. The topological polar surface area (TPSA) is 44.8 Å². The molecule has 30 heavy (non-hydrogen) atoms. The van der Waals surface area contributed by atoms with Crippen LogP contribution in [0.5, 0.6) is 0 Å². The third-order valence-electron chi connectivity index (χ3n) is 5.31. The van der Waals surface area contributed by atoms with Crippen LogP contribution in [-0.2, 0) is 6.42 Å². The molecular weight excluding hydrogens is 420 g/mol. The van der Waals surface area contributed by atoms with Crippen molar-refractivity contribution in [2.75, 3.05) is 11.4 Å². The van der Waals surface area contributed by atoms with Crippen molar-refractivity contribution in [3.8, 4) is 0 Å². The van der Waals surface area contributed by atoms with Gasteiger partial charge in [0.15, 0.2) is 17.5 Å². The first-order valence-corrected chi connectivity index (χ1v) is 9.49. The number of benzene rings is 2. The van der Waals surface area contributed by atoms with E-state index < -0.39 is 29.3 Å². The standard InChI is InChI=1S/C21H13ClF4N4/c22-14-6-13-11-4-5-30(21-27-8-10(23)9-28-21)20(12-2-1-3-15(24)18(12)26)19(11)29-17(13)7-16(14)25/h1-3,6-9,20,29H,4-5H2. The SMILES string of the molecule is Fc1cnc(N2CCc3c([nH]c4cc(F)c(Cl)cc34)C2c2cccc(F)c2F)nc1. The summed E-state index contributed by atoms with van der Waals surface area (Å²) in [6, 6.07) is 5.86. The highest BCUT2D eigenvalue weighted by molar-refractivity contribution is 6.31. The normalized spacial score (nSPS) is 16.2. The lowest BCUT2D eigenvalue weighted by Crippen LogP contribution is -2.38. The lowest BCUT2D eigenvalue weighted by Gasteiger charge is -2.36. The van der Waals surface area contributed by atoms with Crippen molar-refractivity contribution in [2.45, 2.75) is 12.5 Å². The van der Waals surface area contributed by atoms with Crippen molar-refractivity contribution in [1.29, 1.82) is 0 Å². The predicted octanol–water partition coefficient (Wildman–Crippen LogP) is 5.32. The number of nitrogens with one attached hydrogen (secondary N) is 1. The number of aromatic amines is 1. The van der Waals surface area contributed by atoms with E-state index in [2.05, 4.69) is 15.0 Å². The Labute approximate surface area is 173 Å². The van der Waals surface area contributed by atoms with E-state index in [9.17, 15) is 17.6 Å². The molecule has 1 unspecified atom stereocenters. The van der Waals surface area contributed by atoms with Gasteiger partial charge in [0.05, 0.1) is 17.4 Å². The smallest absolute Gasteiger partial charge is 0.226 e. The summed E-state index contributed by atoms with van der Waals surface area (Å²) < 4.78 is 56.2. The second-order valence-electron chi connectivity index (χ2n) is 7.02.